The smallest absolute Gasteiger partial charge is 0.311 e. The summed E-state index contributed by atoms with van der Waals surface area (Å²) in [5.74, 6) is -1.39. The molecule has 0 aliphatic heterocycles. The van der Waals surface area contributed by atoms with E-state index in [4.69, 9.17) is 15.9 Å². The number of aryl methyl sites for hydroxylation is 1. The van der Waals surface area contributed by atoms with Crippen molar-refractivity contribution in [2.24, 2.45) is 5.73 Å². The molecule has 8 heteroatoms. The molecule has 2 aromatic rings. The average molecular weight is 290 g/mol. The molecule has 1 heterocycles. The normalized spacial score (nSPS) is 10.2. The maximum absolute atomic E-state index is 13.3. The summed E-state index contributed by atoms with van der Waals surface area (Å²) in [7, 11) is 0. The highest BCUT2D eigenvalue weighted by Gasteiger charge is 2.19. The van der Waals surface area contributed by atoms with E-state index in [9.17, 15) is 14.5 Å². The fourth-order valence-corrected chi connectivity index (χ4v) is 1.64. The van der Waals surface area contributed by atoms with Crippen LogP contribution in [0, 0.1) is 28.3 Å². The largest absolute Gasteiger partial charge is 0.431 e. The van der Waals surface area contributed by atoms with Crippen molar-refractivity contribution in [3.05, 3.63) is 57.5 Å². The van der Waals surface area contributed by atoms with Crippen LogP contribution in [-0.4, -0.2) is 15.7 Å². The van der Waals surface area contributed by atoms with E-state index in [2.05, 4.69) is 4.98 Å². The fourth-order valence-electron chi connectivity index (χ4n) is 1.64. The number of hydrogen-bond acceptors (Lipinski definition) is 5. The zero-order chi connectivity index (χ0) is 15.6. The topological polar surface area (TPSA) is 115 Å². The van der Waals surface area contributed by atoms with Crippen molar-refractivity contribution in [3.63, 3.8) is 0 Å². The second kappa shape index (κ2) is 5.53. The Labute approximate surface area is 118 Å². The van der Waals surface area contributed by atoms with E-state index < -0.39 is 16.4 Å². The maximum Gasteiger partial charge on any atom is 0.311 e. The molecule has 0 fully saturated rings. The molecular formula is C13H11FN4O3. The number of rotatable bonds is 4. The lowest BCUT2D eigenvalue weighted by Gasteiger charge is -2.10. The van der Waals surface area contributed by atoms with Crippen LogP contribution in [0.2, 0.25) is 0 Å². The summed E-state index contributed by atoms with van der Waals surface area (Å²) < 4.78 is 18.6. The molecule has 3 N–H and O–H groups in total. The molecular weight excluding hydrogens is 279 g/mol. The van der Waals surface area contributed by atoms with Crippen molar-refractivity contribution >= 4 is 11.5 Å². The predicted octanol–water partition coefficient (Wildman–Crippen LogP) is 2.51. The first-order valence-corrected chi connectivity index (χ1v) is 5.82. The van der Waals surface area contributed by atoms with Crippen LogP contribution < -0.4 is 10.5 Å². The number of nitrogens with one attached hydrogen (secondary N) is 1. The molecule has 0 atom stereocenters. The van der Waals surface area contributed by atoms with Gasteiger partial charge in [-0.2, -0.15) is 0 Å². The van der Waals surface area contributed by atoms with Crippen molar-refractivity contribution in [1.82, 2.24) is 4.98 Å². The van der Waals surface area contributed by atoms with E-state index in [1.807, 2.05) is 0 Å². The summed E-state index contributed by atoms with van der Waals surface area (Å²) in [5.41, 5.74) is 5.72. The third-order valence-corrected chi connectivity index (χ3v) is 2.61. The van der Waals surface area contributed by atoms with Gasteiger partial charge in [0.25, 0.3) is 0 Å². The molecule has 7 nitrogen and oxygen atoms in total. The van der Waals surface area contributed by atoms with Gasteiger partial charge in [-0.3, -0.25) is 15.5 Å². The van der Waals surface area contributed by atoms with Gasteiger partial charge in [-0.1, -0.05) is 0 Å². The van der Waals surface area contributed by atoms with Crippen LogP contribution in [0.25, 0.3) is 0 Å². The van der Waals surface area contributed by atoms with Gasteiger partial charge >= 0.3 is 5.69 Å². The zero-order valence-corrected chi connectivity index (χ0v) is 11.0. The Hall–Kier alpha value is -3.03. The Balaban J connectivity index is 2.52. The summed E-state index contributed by atoms with van der Waals surface area (Å²) in [6, 6.07) is 5.95. The second-order valence-corrected chi connectivity index (χ2v) is 4.19. The van der Waals surface area contributed by atoms with E-state index in [1.165, 1.54) is 6.07 Å². The molecule has 108 valence electrons. The summed E-state index contributed by atoms with van der Waals surface area (Å²) in [6.45, 7) is 1.68. The van der Waals surface area contributed by atoms with Crippen molar-refractivity contribution in [2.45, 2.75) is 6.92 Å². The lowest BCUT2D eigenvalue weighted by Crippen LogP contribution is -2.13. The van der Waals surface area contributed by atoms with Crippen molar-refractivity contribution in [3.8, 4) is 11.6 Å². The van der Waals surface area contributed by atoms with E-state index in [0.717, 1.165) is 18.2 Å². The van der Waals surface area contributed by atoms with Gasteiger partial charge in [0, 0.05) is 17.8 Å². The molecule has 0 unspecified atom stereocenters. The minimum atomic E-state index is -0.696. The molecule has 0 aliphatic rings. The number of nitrogens with two attached hydrogens (primary N) is 1. The number of nitrogen functional groups attached to an aromatic ring is 1. The summed E-state index contributed by atoms with van der Waals surface area (Å²) in [6.07, 6.45) is 0. The highest BCUT2D eigenvalue weighted by atomic mass is 19.1. The SMILES string of the molecule is Cc1ccc(C(=N)N)c(Oc2cc(F)ccc2[N+](=O)[O-])n1. The first-order valence-electron chi connectivity index (χ1n) is 5.82. The summed E-state index contributed by atoms with van der Waals surface area (Å²) in [5, 5.41) is 18.4. The highest BCUT2D eigenvalue weighted by Crippen LogP contribution is 2.32. The molecule has 0 bridgehead atoms. The van der Waals surface area contributed by atoms with Crippen LogP contribution >= 0.6 is 0 Å². The molecule has 1 aromatic carbocycles. The van der Waals surface area contributed by atoms with E-state index in [-0.39, 0.29) is 23.0 Å². The fraction of sp³-hybridized carbons (Fsp3) is 0.0769. The minimum absolute atomic E-state index is 0.0869. The number of nitro groups is 1. The standard InChI is InChI=1S/C13H11FN4O3/c1-7-2-4-9(12(15)16)13(17-7)21-11-6-8(14)3-5-10(11)18(19)20/h2-6H,1H3,(H3,15,16). The lowest BCUT2D eigenvalue weighted by molar-refractivity contribution is -0.385. The van der Waals surface area contributed by atoms with Crippen LogP contribution in [0.1, 0.15) is 11.3 Å². The number of nitro benzene ring substituents is 1. The molecule has 21 heavy (non-hydrogen) atoms. The quantitative estimate of drug-likeness (QED) is 0.388. The van der Waals surface area contributed by atoms with Crippen LogP contribution in [0.3, 0.4) is 0 Å². The first kappa shape index (κ1) is 14.4. The number of aromatic nitrogens is 1. The van der Waals surface area contributed by atoms with Gasteiger partial charge in [0.1, 0.15) is 11.7 Å². The van der Waals surface area contributed by atoms with Crippen LogP contribution in [0.5, 0.6) is 11.6 Å². The van der Waals surface area contributed by atoms with Gasteiger partial charge < -0.3 is 10.5 Å². The number of hydrogen-bond donors (Lipinski definition) is 2. The Bertz CT molecular complexity index is 672. The predicted molar refractivity (Wildman–Crippen MR) is 73.1 cm³/mol. The Kier molecular flexibility index (Phi) is 3.79. The van der Waals surface area contributed by atoms with Gasteiger partial charge in [0.15, 0.2) is 0 Å². The number of pyridine rings is 1. The van der Waals surface area contributed by atoms with Gasteiger partial charge in [0.05, 0.1) is 10.5 Å². The zero-order valence-electron chi connectivity index (χ0n) is 11.0. The number of halogens is 1. The maximum atomic E-state index is 13.3. The molecule has 0 aliphatic carbocycles. The van der Waals surface area contributed by atoms with Crippen molar-refractivity contribution < 1.29 is 14.1 Å². The van der Waals surface area contributed by atoms with Gasteiger partial charge in [0.2, 0.25) is 11.6 Å². The molecule has 0 amide bonds. The molecule has 0 spiro atoms. The summed E-state index contributed by atoms with van der Waals surface area (Å²) >= 11 is 0. The minimum Gasteiger partial charge on any atom is -0.431 e. The molecule has 2 rings (SSSR count). The number of ether oxygens (including phenoxy) is 1. The van der Waals surface area contributed by atoms with Crippen LogP contribution in [0.15, 0.2) is 30.3 Å². The molecule has 0 saturated carbocycles. The third kappa shape index (κ3) is 3.11. The van der Waals surface area contributed by atoms with Crippen LogP contribution in [0.4, 0.5) is 10.1 Å². The van der Waals surface area contributed by atoms with E-state index >= 15 is 0 Å². The van der Waals surface area contributed by atoms with Crippen molar-refractivity contribution in [1.29, 1.82) is 5.41 Å². The van der Waals surface area contributed by atoms with E-state index in [1.54, 1.807) is 13.0 Å². The highest BCUT2D eigenvalue weighted by molar-refractivity contribution is 5.97. The Morgan fingerprint density at radius 3 is 2.76 bits per heavy atom. The molecule has 0 saturated heterocycles. The number of benzene rings is 1. The first-order chi connectivity index (χ1) is 9.88. The van der Waals surface area contributed by atoms with E-state index in [0.29, 0.717) is 5.69 Å². The van der Waals surface area contributed by atoms with Gasteiger partial charge in [-0.05, 0) is 25.1 Å². The number of amidine groups is 1. The van der Waals surface area contributed by atoms with Gasteiger partial charge in [-0.15, -0.1) is 0 Å². The molecule has 1 aromatic heterocycles. The Morgan fingerprint density at radius 1 is 1.43 bits per heavy atom. The van der Waals surface area contributed by atoms with Gasteiger partial charge in [-0.25, -0.2) is 9.37 Å². The average Bonchev–Trinajstić information content (AvgIpc) is 2.38. The van der Waals surface area contributed by atoms with Crippen LogP contribution in [-0.2, 0) is 0 Å². The Morgan fingerprint density at radius 2 is 2.14 bits per heavy atom. The summed E-state index contributed by atoms with van der Waals surface area (Å²) in [4.78, 5) is 14.3. The third-order valence-electron chi connectivity index (χ3n) is 2.61. The molecule has 0 radical (unpaired) electrons. The second-order valence-electron chi connectivity index (χ2n) is 4.19. The van der Waals surface area contributed by atoms with Crippen molar-refractivity contribution in [2.75, 3.05) is 0 Å². The number of nitrogens with zero attached hydrogens (tertiary/aromatic N) is 2. The monoisotopic (exact) mass is 290 g/mol. The lowest BCUT2D eigenvalue weighted by atomic mass is 10.2.